The average molecular weight is 262 g/mol. The Balaban J connectivity index is 2.57. The van der Waals surface area contributed by atoms with Gasteiger partial charge in [0.2, 0.25) is 10.0 Å². The number of hydrogen-bond donors (Lipinski definition) is 3. The van der Waals surface area contributed by atoms with Gasteiger partial charge >= 0.3 is 5.97 Å². The molecule has 7 nitrogen and oxygen atoms in total. The quantitative estimate of drug-likeness (QED) is 0.629. The molecule has 0 aromatic carbocycles. The number of ether oxygens (including phenoxy) is 1. The first-order valence-electron chi connectivity index (χ1n) is 4.82. The second-order valence-corrected chi connectivity index (χ2v) is 5.12. The van der Waals surface area contributed by atoms with Gasteiger partial charge in [-0.1, -0.05) is 0 Å². The maximum atomic E-state index is 11.7. The minimum Gasteiger partial charge on any atom is -0.481 e. The fraction of sp³-hybridized carbons (Fsp3) is 0.444. The van der Waals surface area contributed by atoms with E-state index < -0.39 is 22.1 Å². The van der Waals surface area contributed by atoms with Crippen molar-refractivity contribution in [2.24, 2.45) is 0 Å². The van der Waals surface area contributed by atoms with E-state index >= 15 is 0 Å². The van der Waals surface area contributed by atoms with Crippen LogP contribution in [0.1, 0.15) is 6.42 Å². The van der Waals surface area contributed by atoms with Crippen LogP contribution in [0.15, 0.2) is 23.4 Å². The molecule has 0 spiro atoms. The normalized spacial score (nSPS) is 13.5. The lowest BCUT2D eigenvalue weighted by Crippen LogP contribution is -2.34. The van der Waals surface area contributed by atoms with Crippen LogP contribution in [0.3, 0.4) is 0 Å². The number of sulfonamides is 1. The van der Waals surface area contributed by atoms with Crippen LogP contribution in [-0.2, 0) is 19.6 Å². The number of aromatic amines is 1. The summed E-state index contributed by atoms with van der Waals surface area (Å²) >= 11 is 0. The fourth-order valence-corrected chi connectivity index (χ4v) is 2.24. The summed E-state index contributed by atoms with van der Waals surface area (Å²) in [5, 5.41) is 8.57. The highest BCUT2D eigenvalue weighted by molar-refractivity contribution is 7.89. The Bertz CT molecular complexity index is 454. The third kappa shape index (κ3) is 4.17. The highest BCUT2D eigenvalue weighted by Gasteiger charge is 2.18. The zero-order chi connectivity index (χ0) is 12.9. The maximum Gasteiger partial charge on any atom is 0.306 e. The number of aromatic nitrogens is 1. The maximum absolute atomic E-state index is 11.7. The van der Waals surface area contributed by atoms with Crippen molar-refractivity contribution in [1.29, 1.82) is 0 Å². The number of hydrogen-bond acceptors (Lipinski definition) is 4. The SMILES string of the molecule is COC(CNS(=O)(=O)c1cc[nH]c1)CC(=O)O. The molecule has 1 rings (SSSR count). The Morgan fingerprint density at radius 3 is 2.82 bits per heavy atom. The predicted molar refractivity (Wildman–Crippen MR) is 59.0 cm³/mol. The van der Waals surface area contributed by atoms with Gasteiger partial charge in [-0.05, 0) is 6.07 Å². The topological polar surface area (TPSA) is 108 Å². The highest BCUT2D eigenvalue weighted by atomic mass is 32.2. The smallest absolute Gasteiger partial charge is 0.306 e. The zero-order valence-corrected chi connectivity index (χ0v) is 10.0. The van der Waals surface area contributed by atoms with Crippen LogP contribution in [0.2, 0.25) is 0 Å². The predicted octanol–water partition coefficient (Wildman–Crippen LogP) is -0.217. The third-order valence-electron chi connectivity index (χ3n) is 2.12. The molecule has 0 aliphatic heterocycles. The molecule has 3 N–H and O–H groups in total. The van der Waals surface area contributed by atoms with Gasteiger partial charge in [-0.3, -0.25) is 4.79 Å². The summed E-state index contributed by atoms with van der Waals surface area (Å²) < 4.78 is 30.5. The van der Waals surface area contributed by atoms with Gasteiger partial charge in [-0.15, -0.1) is 0 Å². The molecular formula is C9H14N2O5S. The molecule has 0 aliphatic rings. The van der Waals surface area contributed by atoms with Crippen LogP contribution in [0, 0.1) is 0 Å². The first-order chi connectivity index (χ1) is 7.95. The molecule has 0 aliphatic carbocycles. The van der Waals surface area contributed by atoms with Crippen molar-refractivity contribution in [1.82, 2.24) is 9.71 Å². The van der Waals surface area contributed by atoms with E-state index in [-0.39, 0.29) is 17.9 Å². The number of carboxylic acids is 1. The number of H-pyrrole nitrogens is 1. The molecule has 0 radical (unpaired) electrons. The molecule has 8 heteroatoms. The van der Waals surface area contributed by atoms with E-state index in [1.165, 1.54) is 25.6 Å². The molecule has 0 bridgehead atoms. The average Bonchev–Trinajstić information content (AvgIpc) is 2.77. The lowest BCUT2D eigenvalue weighted by Gasteiger charge is -2.13. The van der Waals surface area contributed by atoms with E-state index in [9.17, 15) is 13.2 Å². The lowest BCUT2D eigenvalue weighted by molar-refractivity contribution is -0.139. The fourth-order valence-electron chi connectivity index (χ4n) is 1.20. The van der Waals surface area contributed by atoms with E-state index in [1.54, 1.807) is 0 Å². The lowest BCUT2D eigenvalue weighted by atomic mass is 10.2. The molecule has 1 aromatic rings. The van der Waals surface area contributed by atoms with Gasteiger partial charge in [0.1, 0.15) is 0 Å². The Hall–Kier alpha value is -1.38. The van der Waals surface area contributed by atoms with Crippen molar-refractivity contribution >= 4 is 16.0 Å². The Labute approximate surface area is 98.8 Å². The van der Waals surface area contributed by atoms with Crippen LogP contribution in [-0.4, -0.2) is 44.2 Å². The summed E-state index contributed by atoms with van der Waals surface area (Å²) in [6, 6.07) is 1.40. The van der Waals surface area contributed by atoms with Crippen LogP contribution in [0.25, 0.3) is 0 Å². The Morgan fingerprint density at radius 1 is 1.65 bits per heavy atom. The van der Waals surface area contributed by atoms with E-state index in [1.807, 2.05) is 0 Å². The van der Waals surface area contributed by atoms with Crippen molar-refractivity contribution < 1.29 is 23.1 Å². The molecule has 17 heavy (non-hydrogen) atoms. The van der Waals surface area contributed by atoms with Gasteiger partial charge in [0.05, 0.1) is 17.4 Å². The van der Waals surface area contributed by atoms with E-state index in [0.29, 0.717) is 0 Å². The summed E-state index contributed by atoms with van der Waals surface area (Å²) in [6.45, 7) is -0.0870. The highest BCUT2D eigenvalue weighted by Crippen LogP contribution is 2.06. The van der Waals surface area contributed by atoms with Crippen molar-refractivity contribution in [3.05, 3.63) is 18.5 Å². The van der Waals surface area contributed by atoms with Gasteiger partial charge in [0.15, 0.2) is 0 Å². The molecule has 0 saturated heterocycles. The van der Waals surface area contributed by atoms with E-state index in [0.717, 1.165) is 0 Å². The molecule has 96 valence electrons. The number of nitrogens with one attached hydrogen (secondary N) is 2. The van der Waals surface area contributed by atoms with Gasteiger partial charge < -0.3 is 14.8 Å². The van der Waals surface area contributed by atoms with Gasteiger partial charge in [-0.25, -0.2) is 13.1 Å². The summed E-state index contributed by atoms with van der Waals surface area (Å²) in [4.78, 5) is 13.2. The van der Waals surface area contributed by atoms with E-state index in [2.05, 4.69) is 9.71 Å². The first kappa shape index (κ1) is 13.7. The van der Waals surface area contributed by atoms with Crippen molar-refractivity contribution in [2.45, 2.75) is 17.4 Å². The summed E-state index contributed by atoms with van der Waals surface area (Å²) in [6.07, 6.45) is 1.87. The van der Waals surface area contributed by atoms with E-state index in [4.69, 9.17) is 9.84 Å². The molecule has 0 amide bonds. The van der Waals surface area contributed by atoms with Gasteiger partial charge in [0.25, 0.3) is 0 Å². The van der Waals surface area contributed by atoms with Crippen LogP contribution < -0.4 is 4.72 Å². The van der Waals surface area contributed by atoms with Crippen molar-refractivity contribution in [3.8, 4) is 0 Å². The van der Waals surface area contributed by atoms with Crippen molar-refractivity contribution in [3.63, 3.8) is 0 Å². The van der Waals surface area contributed by atoms with Gasteiger partial charge in [0, 0.05) is 26.0 Å². The first-order valence-corrected chi connectivity index (χ1v) is 6.31. The number of carbonyl (C=O) groups is 1. The molecule has 0 fully saturated rings. The second-order valence-electron chi connectivity index (χ2n) is 3.35. The molecule has 1 heterocycles. The zero-order valence-electron chi connectivity index (χ0n) is 9.21. The minimum atomic E-state index is -3.61. The van der Waals surface area contributed by atoms with Crippen LogP contribution in [0.5, 0.6) is 0 Å². The summed E-state index contributed by atoms with van der Waals surface area (Å²) in [5.74, 6) is -1.04. The molecule has 1 atom stereocenters. The number of rotatable bonds is 7. The summed E-state index contributed by atoms with van der Waals surface area (Å²) in [5.41, 5.74) is 0. The largest absolute Gasteiger partial charge is 0.481 e. The number of carboxylic acid groups (broad SMARTS) is 1. The Morgan fingerprint density at radius 2 is 2.35 bits per heavy atom. The van der Waals surface area contributed by atoms with Crippen molar-refractivity contribution in [2.75, 3.05) is 13.7 Å². The molecule has 0 saturated carbocycles. The third-order valence-corrected chi connectivity index (χ3v) is 3.54. The standard InChI is InChI=1S/C9H14N2O5S/c1-16-7(4-9(12)13)5-11-17(14,15)8-2-3-10-6-8/h2-3,6-7,10-11H,4-5H2,1H3,(H,12,13). The molecule has 1 unspecified atom stereocenters. The van der Waals surface area contributed by atoms with Gasteiger partial charge in [-0.2, -0.15) is 0 Å². The number of methoxy groups -OCH3 is 1. The van der Waals surface area contributed by atoms with Crippen LogP contribution in [0.4, 0.5) is 0 Å². The summed E-state index contributed by atoms with van der Waals surface area (Å²) in [7, 11) is -2.28. The van der Waals surface area contributed by atoms with Crippen LogP contribution >= 0.6 is 0 Å². The second kappa shape index (κ2) is 5.80. The minimum absolute atomic E-state index is 0.0870. The molecule has 1 aromatic heterocycles. The number of aliphatic carboxylic acids is 1. The molecular weight excluding hydrogens is 248 g/mol. The monoisotopic (exact) mass is 262 g/mol. The Kier molecular flexibility index (Phi) is 4.67.